The van der Waals surface area contributed by atoms with E-state index in [1.54, 1.807) is 13.2 Å². The topological polar surface area (TPSA) is 48.3 Å². The molecule has 25 heavy (non-hydrogen) atoms. The third-order valence-corrected chi connectivity index (χ3v) is 4.01. The molecular formula is C19H22FN3O2. The molecule has 3 aromatic rings. The number of benzene rings is 2. The van der Waals surface area contributed by atoms with E-state index < -0.39 is 0 Å². The third kappa shape index (κ3) is 3.52. The lowest BCUT2D eigenvalue weighted by Gasteiger charge is -2.12. The fraction of sp³-hybridized carbons (Fsp3) is 0.316. The number of imidazole rings is 1. The zero-order valence-corrected chi connectivity index (χ0v) is 14.7. The van der Waals surface area contributed by atoms with Crippen molar-refractivity contribution in [2.75, 3.05) is 19.0 Å². The first-order valence-electron chi connectivity index (χ1n) is 8.35. The quantitative estimate of drug-likeness (QED) is 0.698. The van der Waals surface area contributed by atoms with Crippen molar-refractivity contribution < 1.29 is 13.9 Å². The number of nitrogens with one attached hydrogen (secondary N) is 1. The van der Waals surface area contributed by atoms with Crippen LogP contribution in [-0.4, -0.2) is 23.3 Å². The molecule has 0 aliphatic rings. The van der Waals surface area contributed by atoms with Gasteiger partial charge in [0, 0.05) is 19.2 Å². The summed E-state index contributed by atoms with van der Waals surface area (Å²) in [5.74, 6) is 1.87. The van der Waals surface area contributed by atoms with Crippen LogP contribution in [0.5, 0.6) is 11.5 Å². The number of aromatic nitrogens is 2. The molecule has 0 saturated carbocycles. The first-order chi connectivity index (χ1) is 12.2. The Bertz CT molecular complexity index is 876. The zero-order valence-electron chi connectivity index (χ0n) is 14.7. The second kappa shape index (κ2) is 7.42. The van der Waals surface area contributed by atoms with E-state index in [4.69, 9.17) is 9.47 Å². The molecule has 0 aliphatic carbocycles. The van der Waals surface area contributed by atoms with Gasteiger partial charge < -0.3 is 19.4 Å². The standard InChI is InChI=1S/C19H22FN3O2/c1-4-23-16-8-7-14(20)11-15(16)22-19(23)21-12-13-6-9-17(24-3)18(10-13)25-5-2/h6-11H,4-5,12H2,1-3H3,(H,21,22). The van der Waals surface area contributed by atoms with Crippen molar-refractivity contribution in [1.82, 2.24) is 9.55 Å². The van der Waals surface area contributed by atoms with Gasteiger partial charge in [-0.1, -0.05) is 6.07 Å². The molecule has 1 heterocycles. The molecule has 5 nitrogen and oxygen atoms in total. The number of hydrogen-bond donors (Lipinski definition) is 1. The summed E-state index contributed by atoms with van der Waals surface area (Å²) in [5.41, 5.74) is 2.61. The van der Waals surface area contributed by atoms with E-state index in [-0.39, 0.29) is 5.82 Å². The highest BCUT2D eigenvalue weighted by Crippen LogP contribution is 2.28. The molecule has 0 amide bonds. The van der Waals surface area contributed by atoms with Gasteiger partial charge in [0.1, 0.15) is 5.82 Å². The van der Waals surface area contributed by atoms with Gasteiger partial charge in [0.25, 0.3) is 0 Å². The molecular weight excluding hydrogens is 321 g/mol. The van der Waals surface area contributed by atoms with E-state index >= 15 is 0 Å². The lowest BCUT2D eigenvalue weighted by Crippen LogP contribution is -2.07. The van der Waals surface area contributed by atoms with E-state index in [1.165, 1.54) is 12.1 Å². The summed E-state index contributed by atoms with van der Waals surface area (Å²) in [5, 5.41) is 3.33. The van der Waals surface area contributed by atoms with Crippen LogP contribution in [0, 0.1) is 5.82 Å². The average Bonchev–Trinajstić information content (AvgIpc) is 2.96. The van der Waals surface area contributed by atoms with Crippen LogP contribution in [-0.2, 0) is 13.1 Å². The summed E-state index contributed by atoms with van der Waals surface area (Å²) < 4.78 is 26.4. The molecule has 0 saturated heterocycles. The summed E-state index contributed by atoms with van der Waals surface area (Å²) in [6.45, 7) is 5.88. The zero-order chi connectivity index (χ0) is 17.8. The highest BCUT2D eigenvalue weighted by Gasteiger charge is 2.11. The molecule has 3 rings (SSSR count). The lowest BCUT2D eigenvalue weighted by molar-refractivity contribution is 0.310. The van der Waals surface area contributed by atoms with Gasteiger partial charge in [-0.2, -0.15) is 0 Å². The SMILES string of the molecule is CCOc1cc(CNc2nc3cc(F)ccc3n2CC)ccc1OC. The Morgan fingerprint density at radius 3 is 2.68 bits per heavy atom. The van der Waals surface area contributed by atoms with Gasteiger partial charge in [-0.15, -0.1) is 0 Å². The van der Waals surface area contributed by atoms with Crippen LogP contribution in [0.4, 0.5) is 10.3 Å². The Morgan fingerprint density at radius 2 is 1.96 bits per heavy atom. The summed E-state index contributed by atoms with van der Waals surface area (Å²) in [6.07, 6.45) is 0. The van der Waals surface area contributed by atoms with Crippen molar-refractivity contribution in [2.24, 2.45) is 0 Å². The van der Waals surface area contributed by atoms with E-state index in [2.05, 4.69) is 10.3 Å². The minimum atomic E-state index is -0.281. The molecule has 2 aromatic carbocycles. The van der Waals surface area contributed by atoms with Crippen molar-refractivity contribution >= 4 is 17.0 Å². The Labute approximate surface area is 146 Å². The van der Waals surface area contributed by atoms with Crippen molar-refractivity contribution in [2.45, 2.75) is 26.9 Å². The second-order valence-electron chi connectivity index (χ2n) is 5.58. The number of aryl methyl sites for hydroxylation is 1. The normalized spacial score (nSPS) is 10.9. The number of nitrogens with zero attached hydrogens (tertiary/aromatic N) is 2. The van der Waals surface area contributed by atoms with Crippen LogP contribution >= 0.6 is 0 Å². The minimum absolute atomic E-state index is 0.281. The Morgan fingerprint density at radius 1 is 1.12 bits per heavy atom. The fourth-order valence-corrected chi connectivity index (χ4v) is 2.84. The Kier molecular flexibility index (Phi) is 5.07. The van der Waals surface area contributed by atoms with Gasteiger partial charge in [0.05, 0.1) is 24.8 Å². The number of anilines is 1. The van der Waals surface area contributed by atoms with Crippen LogP contribution in [0.15, 0.2) is 36.4 Å². The highest BCUT2D eigenvalue weighted by molar-refractivity contribution is 5.78. The predicted molar refractivity (Wildman–Crippen MR) is 96.9 cm³/mol. The van der Waals surface area contributed by atoms with E-state index in [1.807, 2.05) is 36.6 Å². The molecule has 1 aromatic heterocycles. The number of ether oxygens (including phenoxy) is 2. The summed E-state index contributed by atoms with van der Waals surface area (Å²) in [7, 11) is 1.62. The molecule has 0 fully saturated rings. The summed E-state index contributed by atoms with van der Waals surface area (Å²) >= 11 is 0. The van der Waals surface area contributed by atoms with Crippen molar-refractivity contribution in [1.29, 1.82) is 0 Å². The predicted octanol–water partition coefficient (Wildman–Crippen LogP) is 4.21. The van der Waals surface area contributed by atoms with Gasteiger partial charge in [0.2, 0.25) is 5.95 Å². The van der Waals surface area contributed by atoms with Gasteiger partial charge in [0.15, 0.2) is 11.5 Å². The number of fused-ring (bicyclic) bond motifs is 1. The lowest BCUT2D eigenvalue weighted by atomic mass is 10.2. The molecule has 0 spiro atoms. The van der Waals surface area contributed by atoms with Crippen LogP contribution in [0.25, 0.3) is 11.0 Å². The van der Waals surface area contributed by atoms with Crippen LogP contribution < -0.4 is 14.8 Å². The number of rotatable bonds is 7. The third-order valence-electron chi connectivity index (χ3n) is 4.01. The maximum absolute atomic E-state index is 13.4. The van der Waals surface area contributed by atoms with Crippen LogP contribution in [0.2, 0.25) is 0 Å². The molecule has 0 atom stereocenters. The minimum Gasteiger partial charge on any atom is -0.493 e. The fourth-order valence-electron chi connectivity index (χ4n) is 2.84. The van der Waals surface area contributed by atoms with Gasteiger partial charge in [-0.25, -0.2) is 9.37 Å². The van der Waals surface area contributed by atoms with Crippen LogP contribution in [0.1, 0.15) is 19.4 Å². The van der Waals surface area contributed by atoms with Gasteiger partial charge in [-0.05, 0) is 43.7 Å². The number of methoxy groups -OCH3 is 1. The van der Waals surface area contributed by atoms with Gasteiger partial charge in [-0.3, -0.25) is 0 Å². The van der Waals surface area contributed by atoms with Crippen LogP contribution in [0.3, 0.4) is 0 Å². The van der Waals surface area contributed by atoms with Crippen molar-refractivity contribution in [3.05, 3.63) is 47.8 Å². The van der Waals surface area contributed by atoms with E-state index in [0.717, 1.165) is 29.3 Å². The Balaban J connectivity index is 1.84. The maximum atomic E-state index is 13.4. The number of hydrogen-bond acceptors (Lipinski definition) is 4. The van der Waals surface area contributed by atoms with Gasteiger partial charge >= 0.3 is 0 Å². The van der Waals surface area contributed by atoms with E-state index in [9.17, 15) is 4.39 Å². The Hall–Kier alpha value is -2.76. The monoisotopic (exact) mass is 343 g/mol. The highest BCUT2D eigenvalue weighted by atomic mass is 19.1. The maximum Gasteiger partial charge on any atom is 0.204 e. The first kappa shape index (κ1) is 17.1. The summed E-state index contributed by atoms with van der Waals surface area (Å²) in [4.78, 5) is 4.51. The molecule has 132 valence electrons. The molecule has 0 aliphatic heterocycles. The molecule has 0 radical (unpaired) electrons. The summed E-state index contributed by atoms with van der Waals surface area (Å²) in [6, 6.07) is 10.5. The largest absolute Gasteiger partial charge is 0.493 e. The van der Waals surface area contributed by atoms with Crippen molar-refractivity contribution in [3.63, 3.8) is 0 Å². The molecule has 1 N–H and O–H groups in total. The first-order valence-corrected chi connectivity index (χ1v) is 8.35. The van der Waals surface area contributed by atoms with E-state index in [0.29, 0.717) is 24.4 Å². The average molecular weight is 343 g/mol. The molecule has 0 unspecified atom stereocenters. The molecule has 6 heteroatoms. The second-order valence-corrected chi connectivity index (χ2v) is 5.58. The van der Waals surface area contributed by atoms with Crippen molar-refractivity contribution in [3.8, 4) is 11.5 Å². The smallest absolute Gasteiger partial charge is 0.204 e. The molecule has 0 bridgehead atoms. The number of halogens is 1.